The number of fused-ring (bicyclic) bond motifs is 3. The summed E-state index contributed by atoms with van der Waals surface area (Å²) in [6.45, 7) is 2.98. The molecule has 0 spiro atoms. The molecule has 104 valence electrons. The molecular weight excluding hydrogens is 272 g/mol. The van der Waals surface area contributed by atoms with Crippen LogP contribution in [0.25, 0.3) is 21.8 Å². The number of benzene rings is 2. The van der Waals surface area contributed by atoms with Gasteiger partial charge in [-0.3, -0.25) is 4.72 Å². The highest BCUT2D eigenvalue weighted by molar-refractivity contribution is 7.92. The molecule has 1 N–H and O–H groups in total. The molecule has 0 aliphatic carbocycles. The van der Waals surface area contributed by atoms with Crippen LogP contribution >= 0.6 is 0 Å². The number of hydrogen-bond donors (Lipinski definition) is 1. The standard InChI is InChI=1S/C15H16N2O2S/c1-3-17-14-7-5-4-6-12(14)13-10-11(8-9-15(13)17)16-20(2,18)19/h4-10,16H,3H2,1-2H3. The summed E-state index contributed by atoms with van der Waals surface area (Å²) in [7, 11) is -3.25. The van der Waals surface area contributed by atoms with E-state index in [0.717, 1.165) is 29.1 Å². The molecule has 0 saturated heterocycles. The molecule has 0 fully saturated rings. The van der Waals surface area contributed by atoms with Crippen molar-refractivity contribution in [3.8, 4) is 0 Å². The minimum Gasteiger partial charge on any atom is -0.341 e. The molecular formula is C15H16N2O2S. The van der Waals surface area contributed by atoms with Crippen LogP contribution in [0.4, 0.5) is 5.69 Å². The van der Waals surface area contributed by atoms with Crippen LogP contribution in [-0.2, 0) is 16.6 Å². The maximum absolute atomic E-state index is 11.3. The van der Waals surface area contributed by atoms with Gasteiger partial charge < -0.3 is 4.57 Å². The van der Waals surface area contributed by atoms with Crippen LogP contribution in [0.5, 0.6) is 0 Å². The molecule has 1 heterocycles. The quantitative estimate of drug-likeness (QED) is 0.804. The van der Waals surface area contributed by atoms with E-state index in [9.17, 15) is 8.42 Å². The molecule has 4 nitrogen and oxygen atoms in total. The predicted octanol–water partition coefficient (Wildman–Crippen LogP) is 3.19. The summed E-state index contributed by atoms with van der Waals surface area (Å²) in [6.07, 6.45) is 1.16. The SMILES string of the molecule is CCn1c2ccccc2c2cc(NS(C)(=O)=O)ccc21. The average molecular weight is 288 g/mol. The Morgan fingerprint density at radius 3 is 2.45 bits per heavy atom. The molecule has 0 aliphatic heterocycles. The van der Waals surface area contributed by atoms with Gasteiger partial charge in [-0.2, -0.15) is 0 Å². The second kappa shape index (κ2) is 4.52. The minimum absolute atomic E-state index is 0.596. The smallest absolute Gasteiger partial charge is 0.229 e. The second-order valence-corrected chi connectivity index (χ2v) is 6.62. The summed E-state index contributed by atoms with van der Waals surface area (Å²) in [5, 5.41) is 2.21. The summed E-state index contributed by atoms with van der Waals surface area (Å²) in [5.74, 6) is 0. The first kappa shape index (κ1) is 13.0. The molecule has 1 aromatic heterocycles. The van der Waals surface area contributed by atoms with E-state index in [-0.39, 0.29) is 0 Å². The van der Waals surface area contributed by atoms with E-state index in [1.807, 2.05) is 24.3 Å². The molecule has 0 amide bonds. The molecule has 20 heavy (non-hydrogen) atoms. The zero-order chi connectivity index (χ0) is 14.3. The number of sulfonamides is 1. The van der Waals surface area contributed by atoms with Gasteiger partial charge in [0.05, 0.1) is 6.26 Å². The second-order valence-electron chi connectivity index (χ2n) is 4.87. The van der Waals surface area contributed by atoms with Crippen LogP contribution in [0, 0.1) is 0 Å². The summed E-state index contributed by atoms with van der Waals surface area (Å²) < 4.78 is 27.5. The Morgan fingerprint density at radius 1 is 1.05 bits per heavy atom. The van der Waals surface area contributed by atoms with Crippen molar-refractivity contribution in [1.82, 2.24) is 4.57 Å². The fourth-order valence-electron chi connectivity index (χ4n) is 2.67. The first-order valence-corrected chi connectivity index (χ1v) is 8.37. The van der Waals surface area contributed by atoms with Gasteiger partial charge in [0, 0.05) is 34.0 Å². The third-order valence-corrected chi connectivity index (χ3v) is 4.00. The van der Waals surface area contributed by atoms with Crippen molar-refractivity contribution in [2.75, 3.05) is 11.0 Å². The number of anilines is 1. The molecule has 0 saturated carbocycles. The number of para-hydroxylation sites is 1. The zero-order valence-electron chi connectivity index (χ0n) is 11.4. The molecule has 0 aliphatic rings. The number of aromatic nitrogens is 1. The van der Waals surface area contributed by atoms with Crippen molar-refractivity contribution in [2.24, 2.45) is 0 Å². The number of nitrogens with one attached hydrogen (secondary N) is 1. The van der Waals surface area contributed by atoms with E-state index in [0.29, 0.717) is 5.69 Å². The van der Waals surface area contributed by atoms with Gasteiger partial charge in [0.2, 0.25) is 10.0 Å². The van der Waals surface area contributed by atoms with E-state index in [1.165, 1.54) is 5.52 Å². The van der Waals surface area contributed by atoms with Crippen LogP contribution in [-0.4, -0.2) is 19.2 Å². The van der Waals surface area contributed by atoms with Gasteiger partial charge in [-0.1, -0.05) is 18.2 Å². The molecule has 2 aromatic carbocycles. The molecule has 5 heteroatoms. The van der Waals surface area contributed by atoms with Crippen molar-refractivity contribution >= 4 is 37.5 Å². The highest BCUT2D eigenvalue weighted by Gasteiger charge is 2.10. The van der Waals surface area contributed by atoms with E-state index in [4.69, 9.17) is 0 Å². The number of nitrogens with zero attached hydrogens (tertiary/aromatic N) is 1. The van der Waals surface area contributed by atoms with Crippen molar-refractivity contribution in [3.63, 3.8) is 0 Å². The van der Waals surface area contributed by atoms with E-state index in [2.05, 4.69) is 28.3 Å². The Bertz CT molecular complexity index is 895. The Balaban J connectivity index is 2.31. The van der Waals surface area contributed by atoms with E-state index in [1.54, 1.807) is 6.07 Å². The lowest BCUT2D eigenvalue weighted by molar-refractivity contribution is 0.607. The molecule has 0 radical (unpaired) electrons. The Morgan fingerprint density at radius 2 is 1.75 bits per heavy atom. The van der Waals surface area contributed by atoms with Crippen LogP contribution in [0.15, 0.2) is 42.5 Å². The van der Waals surface area contributed by atoms with Gasteiger partial charge in [-0.25, -0.2) is 8.42 Å². The maximum atomic E-state index is 11.3. The van der Waals surface area contributed by atoms with Gasteiger partial charge >= 0.3 is 0 Å². The highest BCUT2D eigenvalue weighted by atomic mass is 32.2. The number of rotatable bonds is 3. The zero-order valence-corrected chi connectivity index (χ0v) is 12.2. The monoisotopic (exact) mass is 288 g/mol. The molecule has 0 unspecified atom stereocenters. The molecule has 0 atom stereocenters. The maximum Gasteiger partial charge on any atom is 0.229 e. The Hall–Kier alpha value is -2.01. The van der Waals surface area contributed by atoms with Gasteiger partial charge in [-0.15, -0.1) is 0 Å². The van der Waals surface area contributed by atoms with Crippen LogP contribution in [0.2, 0.25) is 0 Å². The van der Waals surface area contributed by atoms with Gasteiger partial charge in [0.1, 0.15) is 0 Å². The van der Waals surface area contributed by atoms with Crippen molar-refractivity contribution in [2.45, 2.75) is 13.5 Å². The summed E-state index contributed by atoms with van der Waals surface area (Å²) in [4.78, 5) is 0. The van der Waals surface area contributed by atoms with Gasteiger partial charge in [0.25, 0.3) is 0 Å². The Labute approximate surface area is 118 Å². The lowest BCUT2D eigenvalue weighted by Gasteiger charge is -2.05. The van der Waals surface area contributed by atoms with Crippen molar-refractivity contribution < 1.29 is 8.42 Å². The first-order chi connectivity index (χ1) is 9.49. The van der Waals surface area contributed by atoms with Crippen LogP contribution in [0.1, 0.15) is 6.92 Å². The average Bonchev–Trinajstić information content (AvgIpc) is 2.70. The van der Waals surface area contributed by atoms with Gasteiger partial charge in [-0.05, 0) is 31.2 Å². The Kier molecular flexibility index (Phi) is 2.94. The third kappa shape index (κ3) is 2.14. The highest BCUT2D eigenvalue weighted by Crippen LogP contribution is 2.31. The van der Waals surface area contributed by atoms with Crippen molar-refractivity contribution in [1.29, 1.82) is 0 Å². The summed E-state index contributed by atoms with van der Waals surface area (Å²) >= 11 is 0. The fourth-order valence-corrected chi connectivity index (χ4v) is 3.23. The summed E-state index contributed by atoms with van der Waals surface area (Å²) in [5.41, 5.74) is 2.88. The van der Waals surface area contributed by atoms with Crippen molar-refractivity contribution in [3.05, 3.63) is 42.5 Å². The lowest BCUT2D eigenvalue weighted by atomic mass is 10.1. The predicted molar refractivity (Wildman–Crippen MR) is 83.6 cm³/mol. The van der Waals surface area contributed by atoms with Crippen LogP contribution < -0.4 is 4.72 Å². The summed E-state index contributed by atoms with van der Waals surface area (Å²) in [6, 6.07) is 13.8. The topological polar surface area (TPSA) is 51.1 Å². The third-order valence-electron chi connectivity index (χ3n) is 3.39. The van der Waals surface area contributed by atoms with E-state index >= 15 is 0 Å². The van der Waals surface area contributed by atoms with Gasteiger partial charge in [0.15, 0.2) is 0 Å². The molecule has 3 rings (SSSR count). The normalized spacial score (nSPS) is 12.1. The van der Waals surface area contributed by atoms with Crippen LogP contribution in [0.3, 0.4) is 0 Å². The fraction of sp³-hybridized carbons (Fsp3) is 0.200. The minimum atomic E-state index is -3.25. The van der Waals surface area contributed by atoms with E-state index < -0.39 is 10.0 Å². The number of aryl methyl sites for hydroxylation is 1. The first-order valence-electron chi connectivity index (χ1n) is 6.48. The largest absolute Gasteiger partial charge is 0.341 e. The molecule has 3 aromatic rings. The molecule has 0 bridgehead atoms. The lowest BCUT2D eigenvalue weighted by Crippen LogP contribution is -2.09. The number of hydrogen-bond acceptors (Lipinski definition) is 2.